The molecular formula is C20H30N2O2. The number of hydrogen-bond donors (Lipinski definition) is 1. The van der Waals surface area contributed by atoms with Crippen molar-refractivity contribution in [2.45, 2.75) is 51.0 Å². The third-order valence-electron chi connectivity index (χ3n) is 5.45. The molecule has 3 rings (SSSR count). The lowest BCUT2D eigenvalue weighted by Crippen LogP contribution is -2.51. The van der Waals surface area contributed by atoms with E-state index < -0.39 is 0 Å². The van der Waals surface area contributed by atoms with Gasteiger partial charge >= 0.3 is 0 Å². The van der Waals surface area contributed by atoms with Gasteiger partial charge in [-0.15, -0.1) is 0 Å². The van der Waals surface area contributed by atoms with Gasteiger partial charge in [-0.3, -0.25) is 9.69 Å². The van der Waals surface area contributed by atoms with Crippen LogP contribution in [0.1, 0.15) is 44.7 Å². The molecule has 4 nitrogen and oxygen atoms in total. The van der Waals surface area contributed by atoms with Crippen LogP contribution in [0.4, 0.5) is 0 Å². The molecule has 1 amide bonds. The highest BCUT2D eigenvalue weighted by Gasteiger charge is 2.38. The molecule has 1 aliphatic heterocycles. The van der Waals surface area contributed by atoms with E-state index in [0.29, 0.717) is 6.54 Å². The lowest BCUT2D eigenvalue weighted by Gasteiger charge is -2.38. The Morgan fingerprint density at radius 2 is 2.08 bits per heavy atom. The molecule has 1 fully saturated rings. The third kappa shape index (κ3) is 3.65. The van der Waals surface area contributed by atoms with E-state index in [1.165, 1.54) is 11.1 Å². The molecule has 4 heteroatoms. The minimum Gasteiger partial charge on any atom is -0.373 e. The second-order valence-electron chi connectivity index (χ2n) is 7.98. The van der Waals surface area contributed by atoms with E-state index in [0.717, 1.165) is 45.5 Å². The molecule has 0 saturated carbocycles. The standard InChI is InChI=1S/C20H30N2O2/c1-19(2)15-22(13-14-24-19)12-11-21-18(23)20(3)10-6-8-16-7-4-5-9-17(16)20/h4-5,7,9H,6,8,10-15H2,1-3H3,(H,21,23). The molecule has 1 heterocycles. The lowest BCUT2D eigenvalue weighted by molar-refractivity contribution is -0.127. The average molecular weight is 330 g/mol. The normalized spacial score (nSPS) is 26.6. The Hall–Kier alpha value is -1.39. The molecule has 2 aliphatic rings. The fraction of sp³-hybridized carbons (Fsp3) is 0.650. The van der Waals surface area contributed by atoms with Crippen molar-refractivity contribution in [1.82, 2.24) is 10.2 Å². The minimum atomic E-state index is -0.390. The fourth-order valence-corrected chi connectivity index (χ4v) is 4.11. The van der Waals surface area contributed by atoms with E-state index in [-0.39, 0.29) is 16.9 Å². The molecule has 1 aromatic carbocycles. The van der Waals surface area contributed by atoms with Crippen LogP contribution in [0.2, 0.25) is 0 Å². The molecule has 0 radical (unpaired) electrons. The van der Waals surface area contributed by atoms with Gasteiger partial charge in [0.2, 0.25) is 5.91 Å². The molecule has 1 unspecified atom stereocenters. The maximum absolute atomic E-state index is 12.9. The predicted molar refractivity (Wildman–Crippen MR) is 96.2 cm³/mol. The molecule has 132 valence electrons. The summed E-state index contributed by atoms with van der Waals surface area (Å²) in [6.45, 7) is 10.6. The van der Waals surface area contributed by atoms with Gasteiger partial charge in [0.05, 0.1) is 17.6 Å². The molecule has 24 heavy (non-hydrogen) atoms. The van der Waals surface area contributed by atoms with Gasteiger partial charge in [-0.1, -0.05) is 24.3 Å². The van der Waals surface area contributed by atoms with Crippen molar-refractivity contribution in [3.05, 3.63) is 35.4 Å². The summed E-state index contributed by atoms with van der Waals surface area (Å²) in [5.74, 6) is 0.169. The lowest BCUT2D eigenvalue weighted by atomic mass is 9.70. The molecule has 1 N–H and O–H groups in total. The van der Waals surface area contributed by atoms with Crippen LogP contribution in [0.25, 0.3) is 0 Å². The number of rotatable bonds is 4. The van der Waals surface area contributed by atoms with Crippen molar-refractivity contribution >= 4 is 5.91 Å². The SMILES string of the molecule is CC1(C)CN(CCNC(=O)C2(C)CCCc3ccccc32)CCO1. The molecular weight excluding hydrogens is 300 g/mol. The number of nitrogens with one attached hydrogen (secondary N) is 1. The van der Waals surface area contributed by atoms with E-state index in [1.54, 1.807) is 0 Å². The molecule has 0 spiro atoms. The zero-order chi connectivity index (χ0) is 17.2. The predicted octanol–water partition coefficient (Wildman–Crippen LogP) is 2.51. The maximum atomic E-state index is 12.9. The smallest absolute Gasteiger partial charge is 0.230 e. The molecule has 1 saturated heterocycles. The number of nitrogens with zero attached hydrogens (tertiary/aromatic N) is 1. The second kappa shape index (κ2) is 6.85. The van der Waals surface area contributed by atoms with Crippen molar-refractivity contribution < 1.29 is 9.53 Å². The summed E-state index contributed by atoms with van der Waals surface area (Å²) < 4.78 is 5.74. The third-order valence-corrected chi connectivity index (χ3v) is 5.45. The number of fused-ring (bicyclic) bond motifs is 1. The van der Waals surface area contributed by atoms with Gasteiger partial charge in [0.25, 0.3) is 0 Å². The molecule has 1 atom stereocenters. The van der Waals surface area contributed by atoms with Crippen molar-refractivity contribution in [2.24, 2.45) is 0 Å². The number of carbonyl (C=O) groups excluding carboxylic acids is 1. The van der Waals surface area contributed by atoms with Gasteiger partial charge in [-0.25, -0.2) is 0 Å². The van der Waals surface area contributed by atoms with Crippen molar-refractivity contribution in [2.75, 3.05) is 32.8 Å². The van der Waals surface area contributed by atoms with Gasteiger partial charge in [0.1, 0.15) is 0 Å². The summed E-state index contributed by atoms with van der Waals surface area (Å²) in [5.41, 5.74) is 2.06. The minimum absolute atomic E-state index is 0.0868. The molecule has 0 bridgehead atoms. The number of benzene rings is 1. The van der Waals surface area contributed by atoms with E-state index in [4.69, 9.17) is 4.74 Å². The number of carbonyl (C=O) groups is 1. The molecule has 0 aromatic heterocycles. The quantitative estimate of drug-likeness (QED) is 0.922. The number of amides is 1. The Balaban J connectivity index is 1.58. The Bertz CT molecular complexity index is 599. The molecule has 1 aliphatic carbocycles. The van der Waals surface area contributed by atoms with Crippen LogP contribution >= 0.6 is 0 Å². The van der Waals surface area contributed by atoms with Crippen LogP contribution in [0.5, 0.6) is 0 Å². The number of hydrogen-bond acceptors (Lipinski definition) is 3. The van der Waals surface area contributed by atoms with Crippen LogP contribution in [0.15, 0.2) is 24.3 Å². The van der Waals surface area contributed by atoms with Gasteiger partial charge in [0, 0.05) is 26.2 Å². The largest absolute Gasteiger partial charge is 0.373 e. The highest BCUT2D eigenvalue weighted by molar-refractivity contribution is 5.88. The summed E-state index contributed by atoms with van der Waals surface area (Å²) >= 11 is 0. The van der Waals surface area contributed by atoms with Crippen LogP contribution < -0.4 is 5.32 Å². The monoisotopic (exact) mass is 330 g/mol. The first kappa shape index (κ1) is 17.4. The number of aryl methyl sites for hydroxylation is 1. The van der Waals surface area contributed by atoms with E-state index in [2.05, 4.69) is 49.2 Å². The summed E-state index contributed by atoms with van der Waals surface area (Å²) in [4.78, 5) is 15.3. The van der Waals surface area contributed by atoms with Gasteiger partial charge < -0.3 is 10.1 Å². The van der Waals surface area contributed by atoms with Gasteiger partial charge in [-0.2, -0.15) is 0 Å². The van der Waals surface area contributed by atoms with Crippen molar-refractivity contribution in [3.8, 4) is 0 Å². The Morgan fingerprint density at radius 1 is 1.29 bits per heavy atom. The first-order chi connectivity index (χ1) is 11.4. The maximum Gasteiger partial charge on any atom is 0.230 e. The average Bonchev–Trinajstić information content (AvgIpc) is 2.54. The summed E-state index contributed by atoms with van der Waals surface area (Å²) in [7, 11) is 0. The van der Waals surface area contributed by atoms with Crippen molar-refractivity contribution in [1.29, 1.82) is 0 Å². The van der Waals surface area contributed by atoms with E-state index in [1.807, 2.05) is 6.07 Å². The van der Waals surface area contributed by atoms with Gasteiger partial charge in [-0.05, 0) is 51.2 Å². The Labute approximate surface area is 145 Å². The zero-order valence-electron chi connectivity index (χ0n) is 15.2. The van der Waals surface area contributed by atoms with E-state index in [9.17, 15) is 4.79 Å². The first-order valence-electron chi connectivity index (χ1n) is 9.14. The molecule has 1 aromatic rings. The highest BCUT2D eigenvalue weighted by Crippen LogP contribution is 2.37. The Kier molecular flexibility index (Phi) is 4.97. The first-order valence-corrected chi connectivity index (χ1v) is 9.14. The van der Waals surface area contributed by atoms with Crippen molar-refractivity contribution in [3.63, 3.8) is 0 Å². The van der Waals surface area contributed by atoms with Crippen LogP contribution in [-0.2, 0) is 21.4 Å². The van der Waals surface area contributed by atoms with Gasteiger partial charge in [0.15, 0.2) is 0 Å². The fourth-order valence-electron chi connectivity index (χ4n) is 4.11. The summed E-state index contributed by atoms with van der Waals surface area (Å²) in [6, 6.07) is 8.41. The second-order valence-corrected chi connectivity index (χ2v) is 7.98. The zero-order valence-corrected chi connectivity index (χ0v) is 15.2. The van der Waals surface area contributed by atoms with Crippen LogP contribution in [0.3, 0.4) is 0 Å². The number of morpholine rings is 1. The summed E-state index contributed by atoms with van der Waals surface area (Å²) in [6.07, 6.45) is 3.10. The summed E-state index contributed by atoms with van der Waals surface area (Å²) in [5, 5.41) is 3.19. The van der Waals surface area contributed by atoms with Crippen LogP contribution in [-0.4, -0.2) is 49.2 Å². The van der Waals surface area contributed by atoms with Crippen LogP contribution in [0, 0.1) is 0 Å². The number of ether oxygens (including phenoxy) is 1. The highest BCUT2D eigenvalue weighted by atomic mass is 16.5. The van der Waals surface area contributed by atoms with E-state index >= 15 is 0 Å². The topological polar surface area (TPSA) is 41.6 Å². The Morgan fingerprint density at radius 3 is 2.88 bits per heavy atom.